The number of benzene rings is 2. The summed E-state index contributed by atoms with van der Waals surface area (Å²) >= 11 is 9.29. The molecule has 100 valence electrons. The Hall–Kier alpha value is -1.03. The van der Waals surface area contributed by atoms with Gasteiger partial charge in [0.25, 0.3) is 0 Å². The van der Waals surface area contributed by atoms with Gasteiger partial charge in [0.2, 0.25) is 0 Å². The van der Waals surface area contributed by atoms with E-state index in [0.717, 1.165) is 22.7 Å². The van der Waals surface area contributed by atoms with Crippen LogP contribution >= 0.6 is 27.5 Å². The fraction of sp³-hybridized carbons (Fsp3) is 0.200. The molecule has 2 N–H and O–H groups in total. The summed E-state index contributed by atoms with van der Waals surface area (Å²) < 4.78 is 0.710. The van der Waals surface area contributed by atoms with Gasteiger partial charge in [-0.25, -0.2) is 0 Å². The second kappa shape index (κ2) is 6.42. The summed E-state index contributed by atoms with van der Waals surface area (Å²) in [7, 11) is 0. The predicted octanol–water partition coefficient (Wildman–Crippen LogP) is 4.66. The fourth-order valence-electron chi connectivity index (χ4n) is 1.83. The Morgan fingerprint density at radius 3 is 2.74 bits per heavy atom. The number of aromatic hydroxyl groups is 1. The van der Waals surface area contributed by atoms with Crippen molar-refractivity contribution >= 4 is 27.5 Å². The summed E-state index contributed by atoms with van der Waals surface area (Å²) in [6, 6.07) is 13.5. The third-order valence-electron chi connectivity index (χ3n) is 2.97. The van der Waals surface area contributed by atoms with Crippen LogP contribution in [0.5, 0.6) is 5.75 Å². The number of phenolic OH excluding ortho intramolecular Hbond substituents is 1. The topological polar surface area (TPSA) is 32.3 Å². The average Bonchev–Trinajstić information content (AvgIpc) is 2.40. The molecule has 0 unspecified atom stereocenters. The molecule has 0 saturated carbocycles. The van der Waals surface area contributed by atoms with Gasteiger partial charge in [-0.2, -0.15) is 0 Å². The van der Waals surface area contributed by atoms with E-state index in [1.165, 1.54) is 0 Å². The number of hydrogen-bond acceptors (Lipinski definition) is 2. The molecule has 0 heterocycles. The maximum absolute atomic E-state index is 9.45. The van der Waals surface area contributed by atoms with Gasteiger partial charge >= 0.3 is 0 Å². The molecule has 0 bridgehead atoms. The first-order chi connectivity index (χ1) is 9.06. The van der Waals surface area contributed by atoms with Crippen LogP contribution in [0.2, 0.25) is 5.02 Å². The van der Waals surface area contributed by atoms with E-state index < -0.39 is 0 Å². The molecular weight excluding hydrogens is 326 g/mol. The van der Waals surface area contributed by atoms with Crippen LogP contribution in [-0.4, -0.2) is 5.11 Å². The second-order valence-corrected chi connectivity index (χ2v) is 5.73. The van der Waals surface area contributed by atoms with Crippen LogP contribution in [0, 0.1) is 0 Å². The molecule has 0 radical (unpaired) electrons. The Labute approximate surface area is 126 Å². The molecule has 2 aromatic rings. The van der Waals surface area contributed by atoms with E-state index in [0.29, 0.717) is 4.47 Å². The third-order valence-corrected chi connectivity index (χ3v) is 3.84. The zero-order valence-corrected chi connectivity index (χ0v) is 12.9. The molecule has 1 atom stereocenters. The van der Waals surface area contributed by atoms with E-state index in [1.807, 2.05) is 30.3 Å². The highest BCUT2D eigenvalue weighted by Crippen LogP contribution is 2.24. The van der Waals surface area contributed by atoms with E-state index in [-0.39, 0.29) is 11.8 Å². The molecular formula is C15H15BrClNO. The summed E-state index contributed by atoms with van der Waals surface area (Å²) in [5.74, 6) is 0.256. The van der Waals surface area contributed by atoms with E-state index >= 15 is 0 Å². The molecule has 2 aromatic carbocycles. The minimum atomic E-state index is 0.214. The number of hydrogen-bond donors (Lipinski definition) is 2. The first kappa shape index (κ1) is 14.4. The third kappa shape index (κ3) is 3.96. The first-order valence-corrected chi connectivity index (χ1v) is 7.19. The van der Waals surface area contributed by atoms with Crippen LogP contribution in [0.1, 0.15) is 24.1 Å². The molecule has 0 amide bonds. The van der Waals surface area contributed by atoms with Crippen LogP contribution < -0.4 is 5.32 Å². The predicted molar refractivity (Wildman–Crippen MR) is 82.5 cm³/mol. The van der Waals surface area contributed by atoms with Gasteiger partial charge in [-0.3, -0.25) is 0 Å². The second-order valence-electron chi connectivity index (χ2n) is 4.44. The van der Waals surface area contributed by atoms with Crippen molar-refractivity contribution < 1.29 is 5.11 Å². The zero-order valence-electron chi connectivity index (χ0n) is 10.5. The minimum absolute atomic E-state index is 0.214. The number of nitrogens with one attached hydrogen (secondary N) is 1. The molecule has 4 heteroatoms. The lowest BCUT2D eigenvalue weighted by atomic mass is 10.1. The summed E-state index contributed by atoms with van der Waals surface area (Å²) in [6.07, 6.45) is 0. The SMILES string of the molecule is C[C@@H](NCc1ccc(O)c(Br)c1)c1cccc(Cl)c1. The van der Waals surface area contributed by atoms with Gasteiger partial charge < -0.3 is 10.4 Å². The van der Waals surface area contributed by atoms with Crippen molar-refractivity contribution in [2.45, 2.75) is 19.5 Å². The zero-order chi connectivity index (χ0) is 13.8. The molecule has 2 nitrogen and oxygen atoms in total. The maximum Gasteiger partial charge on any atom is 0.129 e. The van der Waals surface area contributed by atoms with Crippen LogP contribution in [0.3, 0.4) is 0 Å². The van der Waals surface area contributed by atoms with Crippen LogP contribution in [0.4, 0.5) is 0 Å². The lowest BCUT2D eigenvalue weighted by molar-refractivity contribution is 0.471. The van der Waals surface area contributed by atoms with Crippen molar-refractivity contribution in [2.75, 3.05) is 0 Å². The van der Waals surface area contributed by atoms with Crippen molar-refractivity contribution in [1.82, 2.24) is 5.32 Å². The smallest absolute Gasteiger partial charge is 0.129 e. The van der Waals surface area contributed by atoms with Gasteiger partial charge in [-0.05, 0) is 58.2 Å². The largest absolute Gasteiger partial charge is 0.507 e. The number of halogens is 2. The van der Waals surface area contributed by atoms with Crippen LogP contribution in [0.15, 0.2) is 46.9 Å². The van der Waals surface area contributed by atoms with Crippen LogP contribution in [0.25, 0.3) is 0 Å². The van der Waals surface area contributed by atoms with Gasteiger partial charge in [-0.15, -0.1) is 0 Å². The van der Waals surface area contributed by atoms with Gasteiger partial charge in [0.05, 0.1) is 4.47 Å². The highest BCUT2D eigenvalue weighted by Gasteiger charge is 2.06. The van der Waals surface area contributed by atoms with E-state index in [2.05, 4.69) is 34.2 Å². The molecule has 0 spiro atoms. The molecule has 19 heavy (non-hydrogen) atoms. The Balaban J connectivity index is 2.00. The Bertz CT molecular complexity index is 574. The van der Waals surface area contributed by atoms with E-state index in [4.69, 9.17) is 11.6 Å². The van der Waals surface area contributed by atoms with Crippen molar-refractivity contribution in [3.8, 4) is 5.75 Å². The summed E-state index contributed by atoms with van der Waals surface area (Å²) in [6.45, 7) is 2.83. The first-order valence-electron chi connectivity index (χ1n) is 6.02. The van der Waals surface area contributed by atoms with Gasteiger partial charge in [-0.1, -0.05) is 29.8 Å². The van der Waals surface area contributed by atoms with Gasteiger partial charge in [0.1, 0.15) is 5.75 Å². The quantitative estimate of drug-likeness (QED) is 0.848. The Morgan fingerprint density at radius 1 is 1.26 bits per heavy atom. The summed E-state index contributed by atoms with van der Waals surface area (Å²) in [4.78, 5) is 0. The summed E-state index contributed by atoms with van der Waals surface area (Å²) in [5, 5.41) is 13.6. The molecule has 2 rings (SSSR count). The standard InChI is InChI=1S/C15H15BrClNO/c1-10(12-3-2-4-13(17)8-12)18-9-11-5-6-15(19)14(16)7-11/h2-8,10,18-19H,9H2,1H3/t10-/m1/s1. The Kier molecular flexibility index (Phi) is 4.86. The maximum atomic E-state index is 9.45. The summed E-state index contributed by atoms with van der Waals surface area (Å²) in [5.41, 5.74) is 2.27. The lowest BCUT2D eigenvalue weighted by Crippen LogP contribution is -2.18. The van der Waals surface area contributed by atoms with Gasteiger partial charge in [0.15, 0.2) is 0 Å². The highest BCUT2D eigenvalue weighted by atomic mass is 79.9. The molecule has 0 saturated heterocycles. The van der Waals surface area contributed by atoms with Crippen LogP contribution in [-0.2, 0) is 6.54 Å². The molecule has 0 aliphatic heterocycles. The van der Waals surface area contributed by atoms with Crippen molar-refractivity contribution in [1.29, 1.82) is 0 Å². The highest BCUT2D eigenvalue weighted by molar-refractivity contribution is 9.10. The lowest BCUT2D eigenvalue weighted by Gasteiger charge is -2.15. The van der Waals surface area contributed by atoms with E-state index in [9.17, 15) is 5.11 Å². The number of rotatable bonds is 4. The molecule has 0 fully saturated rings. The Morgan fingerprint density at radius 2 is 2.05 bits per heavy atom. The average molecular weight is 341 g/mol. The molecule has 0 aliphatic rings. The minimum Gasteiger partial charge on any atom is -0.507 e. The van der Waals surface area contributed by atoms with Gasteiger partial charge in [0, 0.05) is 17.6 Å². The van der Waals surface area contributed by atoms with Crippen molar-refractivity contribution in [3.63, 3.8) is 0 Å². The van der Waals surface area contributed by atoms with Crippen molar-refractivity contribution in [3.05, 3.63) is 63.1 Å². The number of phenols is 1. The fourth-order valence-corrected chi connectivity index (χ4v) is 2.45. The molecule has 0 aromatic heterocycles. The molecule has 0 aliphatic carbocycles. The normalized spacial score (nSPS) is 12.4. The monoisotopic (exact) mass is 339 g/mol. The van der Waals surface area contributed by atoms with Crippen molar-refractivity contribution in [2.24, 2.45) is 0 Å². The van der Waals surface area contributed by atoms with E-state index in [1.54, 1.807) is 6.07 Å².